The number of aromatic nitrogens is 4. The fraction of sp³-hybridized carbons (Fsp3) is 0.100. The highest BCUT2D eigenvalue weighted by molar-refractivity contribution is 8.01. The fourth-order valence-electron chi connectivity index (χ4n) is 2.61. The van der Waals surface area contributed by atoms with Gasteiger partial charge in [0.05, 0.1) is 16.8 Å². The summed E-state index contributed by atoms with van der Waals surface area (Å²) in [6.45, 7) is 2.03. The number of H-pyrrole nitrogens is 1. The number of aryl methyl sites for hydroxylation is 1. The number of rotatable bonds is 6. The van der Waals surface area contributed by atoms with Crippen LogP contribution in [0.4, 0.5) is 10.8 Å². The Balaban J connectivity index is 1.45. The molecule has 4 aromatic rings. The Morgan fingerprint density at radius 1 is 1.21 bits per heavy atom. The topological polar surface area (TPSA) is 111 Å². The first kappa shape index (κ1) is 19.0. The lowest BCUT2D eigenvalue weighted by molar-refractivity contribution is 0.420. The maximum atomic E-state index is 10.4. The highest BCUT2D eigenvalue weighted by Gasteiger charge is 2.14. The van der Waals surface area contributed by atoms with Crippen LogP contribution in [-0.4, -0.2) is 31.0 Å². The number of benzene rings is 2. The van der Waals surface area contributed by atoms with Crippen LogP contribution in [0, 0.1) is 18.3 Å². The molecule has 29 heavy (non-hydrogen) atoms. The third-order valence-corrected chi connectivity index (χ3v) is 6.05. The molecule has 4 rings (SSSR count). The average Bonchev–Trinajstić information content (AvgIpc) is 3.35. The zero-order chi connectivity index (χ0) is 20.2. The van der Waals surface area contributed by atoms with Gasteiger partial charge in [0.15, 0.2) is 10.2 Å². The quantitative estimate of drug-likeness (QED) is 0.227. The average molecular weight is 421 g/mol. The normalized spacial score (nSPS) is 11.9. The summed E-state index contributed by atoms with van der Waals surface area (Å²) in [6.07, 6.45) is 0. The number of hydrogen-bond acceptors (Lipinski definition) is 8. The molecule has 0 radical (unpaired) electrons. The van der Waals surface area contributed by atoms with E-state index in [4.69, 9.17) is 0 Å². The van der Waals surface area contributed by atoms with Gasteiger partial charge in [-0.05, 0) is 31.2 Å². The molecule has 2 aromatic heterocycles. The van der Waals surface area contributed by atoms with Crippen molar-refractivity contribution in [3.05, 3.63) is 65.7 Å². The molecule has 0 bridgehead atoms. The smallest absolute Gasteiger partial charge is 0.210 e. The number of thioether (sulfide) groups is 1. The van der Waals surface area contributed by atoms with Crippen LogP contribution < -0.4 is 5.32 Å². The van der Waals surface area contributed by atoms with Crippen LogP contribution in [0.1, 0.15) is 11.4 Å². The predicted molar refractivity (Wildman–Crippen MR) is 116 cm³/mol. The molecular weight excluding hydrogens is 404 g/mol. The second-order valence-electron chi connectivity index (χ2n) is 6.19. The van der Waals surface area contributed by atoms with E-state index >= 15 is 0 Å². The van der Waals surface area contributed by atoms with E-state index in [0.717, 1.165) is 16.7 Å². The molecule has 0 amide bonds. The summed E-state index contributed by atoms with van der Waals surface area (Å²) in [6, 6.07) is 17.5. The van der Waals surface area contributed by atoms with Crippen LogP contribution in [0.25, 0.3) is 16.6 Å². The molecule has 0 unspecified atom stereocenters. The van der Waals surface area contributed by atoms with Crippen LogP contribution >= 0.6 is 23.1 Å². The first-order valence-corrected chi connectivity index (χ1v) is 10.5. The van der Waals surface area contributed by atoms with Gasteiger partial charge in [0.1, 0.15) is 17.4 Å². The van der Waals surface area contributed by atoms with E-state index in [-0.39, 0.29) is 17.1 Å². The molecule has 3 N–H and O–H groups in total. The van der Waals surface area contributed by atoms with Gasteiger partial charge < -0.3 is 15.4 Å². The van der Waals surface area contributed by atoms with Crippen molar-refractivity contribution < 1.29 is 5.11 Å². The third kappa shape index (κ3) is 4.39. The van der Waals surface area contributed by atoms with Crippen molar-refractivity contribution in [2.75, 3.05) is 11.1 Å². The van der Waals surface area contributed by atoms with Crippen LogP contribution in [0.3, 0.4) is 0 Å². The van der Waals surface area contributed by atoms with E-state index in [1.54, 1.807) is 0 Å². The second-order valence-corrected chi connectivity index (χ2v) is 8.39. The van der Waals surface area contributed by atoms with Crippen molar-refractivity contribution >= 4 is 50.5 Å². The van der Waals surface area contributed by atoms with Gasteiger partial charge in [0, 0.05) is 5.69 Å². The van der Waals surface area contributed by atoms with E-state index in [9.17, 15) is 10.4 Å². The molecule has 0 fully saturated rings. The Labute approximate surface area is 175 Å². The standard InChI is InChI=1S/C20H16N6OS2/c1-12-6-8-13(9-7-12)22-19-25-26-20(29-19)28-11-17(27)14(10-21)18-23-15-4-2-3-5-16(15)24-18/h2-9,27H,11H2,1H3,(H,22,25)(H,23,24). The number of nitrogens with zero attached hydrogens (tertiary/aromatic N) is 4. The lowest BCUT2D eigenvalue weighted by Crippen LogP contribution is -1.95. The predicted octanol–water partition coefficient (Wildman–Crippen LogP) is 5.05. The molecule has 144 valence electrons. The van der Waals surface area contributed by atoms with Crippen molar-refractivity contribution in [3.8, 4) is 6.07 Å². The molecule has 0 spiro atoms. The minimum Gasteiger partial charge on any atom is -0.510 e. The molecule has 2 heterocycles. The number of para-hydroxylation sites is 2. The molecule has 0 saturated heterocycles. The van der Waals surface area contributed by atoms with Crippen LogP contribution in [-0.2, 0) is 0 Å². The van der Waals surface area contributed by atoms with E-state index in [0.29, 0.717) is 15.3 Å². The molecule has 7 nitrogen and oxygen atoms in total. The number of aliphatic hydroxyl groups excluding tert-OH is 1. The number of hydrogen-bond donors (Lipinski definition) is 3. The summed E-state index contributed by atoms with van der Waals surface area (Å²) in [5, 5.41) is 32.0. The van der Waals surface area contributed by atoms with Crippen molar-refractivity contribution in [1.82, 2.24) is 20.2 Å². The van der Waals surface area contributed by atoms with E-state index in [1.165, 1.54) is 28.7 Å². The van der Waals surface area contributed by atoms with Gasteiger partial charge in [0.25, 0.3) is 0 Å². The largest absolute Gasteiger partial charge is 0.510 e. The van der Waals surface area contributed by atoms with E-state index in [1.807, 2.05) is 61.5 Å². The number of aromatic amines is 1. The molecule has 2 aromatic carbocycles. The zero-order valence-corrected chi connectivity index (χ0v) is 17.0. The zero-order valence-electron chi connectivity index (χ0n) is 15.4. The number of nitriles is 1. The molecular formula is C20H16N6OS2. The van der Waals surface area contributed by atoms with Gasteiger partial charge in [0.2, 0.25) is 5.13 Å². The van der Waals surface area contributed by atoms with Gasteiger partial charge in [-0.25, -0.2) is 4.98 Å². The Morgan fingerprint density at radius 2 is 2.00 bits per heavy atom. The lowest BCUT2D eigenvalue weighted by atomic mass is 10.2. The summed E-state index contributed by atoms with van der Waals surface area (Å²) in [5.41, 5.74) is 3.79. The fourth-order valence-corrected chi connectivity index (χ4v) is 4.26. The highest BCUT2D eigenvalue weighted by Crippen LogP contribution is 2.30. The molecule has 0 atom stereocenters. The van der Waals surface area contributed by atoms with Crippen LogP contribution in [0.5, 0.6) is 0 Å². The van der Waals surface area contributed by atoms with Crippen LogP contribution in [0.15, 0.2) is 58.6 Å². The summed E-state index contributed by atoms with van der Waals surface area (Å²) in [5.74, 6) is 0.490. The monoisotopic (exact) mass is 420 g/mol. The first-order chi connectivity index (χ1) is 14.1. The van der Waals surface area contributed by atoms with Gasteiger partial charge >= 0.3 is 0 Å². The van der Waals surface area contributed by atoms with Crippen molar-refractivity contribution in [1.29, 1.82) is 5.26 Å². The van der Waals surface area contributed by atoms with Crippen molar-refractivity contribution in [2.45, 2.75) is 11.3 Å². The summed E-state index contributed by atoms with van der Waals surface area (Å²) in [7, 11) is 0. The third-order valence-electron chi connectivity index (χ3n) is 4.07. The maximum Gasteiger partial charge on any atom is 0.210 e. The Bertz CT molecular complexity index is 1190. The molecule has 0 aliphatic heterocycles. The Kier molecular flexibility index (Phi) is 5.46. The van der Waals surface area contributed by atoms with Crippen LogP contribution in [0.2, 0.25) is 0 Å². The van der Waals surface area contributed by atoms with Gasteiger partial charge in [-0.1, -0.05) is 52.9 Å². The van der Waals surface area contributed by atoms with Gasteiger partial charge in [-0.15, -0.1) is 10.2 Å². The number of nitrogens with one attached hydrogen (secondary N) is 2. The molecule has 9 heteroatoms. The van der Waals surface area contributed by atoms with Crippen molar-refractivity contribution in [2.24, 2.45) is 0 Å². The number of allylic oxidation sites excluding steroid dienone is 1. The Morgan fingerprint density at radius 3 is 2.76 bits per heavy atom. The Hall–Kier alpha value is -3.35. The lowest BCUT2D eigenvalue weighted by Gasteiger charge is -2.01. The number of aliphatic hydroxyl groups is 1. The molecule has 0 saturated carbocycles. The number of imidazole rings is 1. The summed E-state index contributed by atoms with van der Waals surface area (Å²) in [4.78, 5) is 7.44. The summed E-state index contributed by atoms with van der Waals surface area (Å²) < 4.78 is 0.688. The molecule has 0 aliphatic rings. The number of fused-ring (bicyclic) bond motifs is 1. The van der Waals surface area contributed by atoms with Crippen molar-refractivity contribution in [3.63, 3.8) is 0 Å². The minimum atomic E-state index is -0.0557. The maximum absolute atomic E-state index is 10.4. The van der Waals surface area contributed by atoms with E-state index in [2.05, 4.69) is 25.5 Å². The van der Waals surface area contributed by atoms with Gasteiger partial charge in [-0.2, -0.15) is 5.26 Å². The molecule has 0 aliphatic carbocycles. The SMILES string of the molecule is Cc1ccc(Nc2nnc(SCC(O)=C(C#N)c3nc4ccccc4[nH]3)s2)cc1. The first-order valence-electron chi connectivity index (χ1n) is 8.69. The second kappa shape index (κ2) is 8.34. The number of anilines is 2. The van der Waals surface area contributed by atoms with E-state index < -0.39 is 0 Å². The summed E-state index contributed by atoms with van der Waals surface area (Å²) >= 11 is 2.69. The highest BCUT2D eigenvalue weighted by atomic mass is 32.2. The minimum absolute atomic E-state index is 0.0557. The van der Waals surface area contributed by atoms with Gasteiger partial charge in [-0.3, -0.25) is 0 Å².